The number of hydrogen-bond donors (Lipinski definition) is 0. The van der Waals surface area contributed by atoms with Crippen molar-refractivity contribution in [2.45, 2.75) is 6.18 Å². The molecular formula is C19H22F3N3O. The van der Waals surface area contributed by atoms with Crippen LogP contribution in [0.3, 0.4) is 0 Å². The first kappa shape index (κ1) is 18.7. The van der Waals surface area contributed by atoms with Crippen LogP contribution in [0.4, 0.5) is 19.0 Å². The predicted octanol–water partition coefficient (Wildman–Crippen LogP) is 3.54. The number of ether oxygens (including phenoxy) is 1. The van der Waals surface area contributed by atoms with E-state index in [2.05, 4.69) is 14.8 Å². The van der Waals surface area contributed by atoms with Crippen LogP contribution in [0, 0.1) is 0 Å². The highest BCUT2D eigenvalue weighted by atomic mass is 19.4. The predicted molar refractivity (Wildman–Crippen MR) is 95.2 cm³/mol. The first-order chi connectivity index (χ1) is 12.5. The second-order valence-corrected chi connectivity index (χ2v) is 6.30. The van der Waals surface area contributed by atoms with Crippen molar-refractivity contribution in [1.82, 2.24) is 9.88 Å². The summed E-state index contributed by atoms with van der Waals surface area (Å²) in [5, 5.41) is 0. The van der Waals surface area contributed by atoms with Crippen LogP contribution in [0.15, 0.2) is 42.6 Å². The van der Waals surface area contributed by atoms with Gasteiger partial charge < -0.3 is 9.64 Å². The molecule has 1 fully saturated rings. The van der Waals surface area contributed by atoms with E-state index in [-0.39, 0.29) is 0 Å². The molecule has 7 heteroatoms. The zero-order chi connectivity index (χ0) is 18.6. The fraction of sp³-hybridized carbons (Fsp3) is 0.421. The zero-order valence-corrected chi connectivity index (χ0v) is 14.7. The molecule has 1 saturated heterocycles. The van der Waals surface area contributed by atoms with E-state index in [9.17, 15) is 13.2 Å². The van der Waals surface area contributed by atoms with Gasteiger partial charge in [-0.15, -0.1) is 0 Å². The summed E-state index contributed by atoms with van der Waals surface area (Å²) in [6, 6.07) is 8.99. The number of pyridine rings is 1. The zero-order valence-electron chi connectivity index (χ0n) is 14.7. The fourth-order valence-corrected chi connectivity index (χ4v) is 3.02. The first-order valence-electron chi connectivity index (χ1n) is 8.57. The van der Waals surface area contributed by atoms with Crippen molar-refractivity contribution >= 4 is 5.82 Å². The average Bonchev–Trinajstić information content (AvgIpc) is 2.66. The summed E-state index contributed by atoms with van der Waals surface area (Å²) in [5.74, 6) is 0.895. The molecule has 0 atom stereocenters. The van der Waals surface area contributed by atoms with Crippen molar-refractivity contribution in [2.24, 2.45) is 0 Å². The molecule has 3 rings (SSSR count). The number of piperazine rings is 1. The lowest BCUT2D eigenvalue weighted by Crippen LogP contribution is -2.47. The molecule has 1 aromatic heterocycles. The van der Waals surface area contributed by atoms with Gasteiger partial charge in [-0.3, -0.25) is 4.90 Å². The van der Waals surface area contributed by atoms with E-state index in [1.165, 1.54) is 12.1 Å². The molecule has 0 aliphatic carbocycles. The second kappa shape index (κ2) is 8.05. The molecule has 1 aliphatic rings. The maximum absolute atomic E-state index is 12.6. The lowest BCUT2D eigenvalue weighted by atomic mass is 10.1. The van der Waals surface area contributed by atoms with Crippen molar-refractivity contribution in [1.29, 1.82) is 0 Å². The van der Waals surface area contributed by atoms with Crippen LogP contribution in [0.25, 0.3) is 11.1 Å². The Bertz CT molecular complexity index is 693. The van der Waals surface area contributed by atoms with Crippen molar-refractivity contribution in [3.05, 3.63) is 48.2 Å². The maximum Gasteiger partial charge on any atom is 0.416 e. The fourth-order valence-electron chi connectivity index (χ4n) is 3.02. The van der Waals surface area contributed by atoms with Gasteiger partial charge in [-0.05, 0) is 29.8 Å². The van der Waals surface area contributed by atoms with Gasteiger partial charge in [0.15, 0.2) is 0 Å². The minimum Gasteiger partial charge on any atom is -0.383 e. The summed E-state index contributed by atoms with van der Waals surface area (Å²) in [6.45, 7) is 5.40. The minimum atomic E-state index is -4.31. The van der Waals surface area contributed by atoms with Crippen LogP contribution >= 0.6 is 0 Å². The summed E-state index contributed by atoms with van der Waals surface area (Å²) in [5.41, 5.74) is 0.889. The number of halogens is 3. The number of hydrogen-bond acceptors (Lipinski definition) is 4. The lowest BCUT2D eigenvalue weighted by Gasteiger charge is -2.35. The number of benzene rings is 1. The van der Waals surface area contributed by atoms with E-state index in [1.54, 1.807) is 13.3 Å². The number of methoxy groups -OCH3 is 1. The summed E-state index contributed by atoms with van der Waals surface area (Å²) in [6.07, 6.45) is -2.60. The molecule has 26 heavy (non-hydrogen) atoms. The van der Waals surface area contributed by atoms with Gasteiger partial charge in [0.25, 0.3) is 0 Å². The molecule has 0 amide bonds. The van der Waals surface area contributed by atoms with Gasteiger partial charge in [0.1, 0.15) is 5.82 Å². The van der Waals surface area contributed by atoms with E-state index in [0.29, 0.717) is 0 Å². The van der Waals surface area contributed by atoms with Crippen LogP contribution in [0.1, 0.15) is 5.56 Å². The molecule has 2 aromatic rings. The Morgan fingerprint density at radius 3 is 2.15 bits per heavy atom. The van der Waals surface area contributed by atoms with Crippen molar-refractivity contribution < 1.29 is 17.9 Å². The highest BCUT2D eigenvalue weighted by Gasteiger charge is 2.30. The summed E-state index contributed by atoms with van der Waals surface area (Å²) < 4.78 is 43.1. The third-order valence-corrected chi connectivity index (χ3v) is 4.60. The van der Waals surface area contributed by atoms with E-state index >= 15 is 0 Å². The number of rotatable bonds is 5. The summed E-state index contributed by atoms with van der Waals surface area (Å²) in [7, 11) is 1.71. The molecule has 1 aromatic carbocycles. The Balaban J connectivity index is 1.62. The summed E-state index contributed by atoms with van der Waals surface area (Å²) >= 11 is 0. The van der Waals surface area contributed by atoms with E-state index in [1.807, 2.05) is 12.1 Å². The van der Waals surface area contributed by atoms with Gasteiger partial charge in [-0.2, -0.15) is 13.2 Å². The second-order valence-electron chi connectivity index (χ2n) is 6.30. The van der Waals surface area contributed by atoms with Gasteiger partial charge >= 0.3 is 6.18 Å². The molecule has 4 nitrogen and oxygen atoms in total. The molecule has 0 spiro atoms. The Kier molecular flexibility index (Phi) is 5.78. The number of aromatic nitrogens is 1. The standard InChI is InChI=1S/C19H22F3N3O/c1-26-13-12-24-8-10-25(11-9-24)18-7-4-16(14-23-18)15-2-5-17(6-3-15)19(20,21)22/h2-7,14H,8-13H2,1H3. The Morgan fingerprint density at radius 1 is 0.962 bits per heavy atom. The molecule has 0 radical (unpaired) electrons. The largest absolute Gasteiger partial charge is 0.416 e. The van der Waals surface area contributed by atoms with E-state index in [4.69, 9.17) is 4.74 Å². The molecule has 0 unspecified atom stereocenters. The van der Waals surface area contributed by atoms with Crippen LogP contribution in [0.2, 0.25) is 0 Å². The normalized spacial score (nSPS) is 16.1. The van der Waals surface area contributed by atoms with Gasteiger partial charge in [-0.25, -0.2) is 4.98 Å². The molecule has 2 heterocycles. The SMILES string of the molecule is COCCN1CCN(c2ccc(-c3ccc(C(F)(F)F)cc3)cn2)CC1. The van der Waals surface area contributed by atoms with Gasteiger partial charge in [0, 0.05) is 51.6 Å². The molecule has 0 bridgehead atoms. The van der Waals surface area contributed by atoms with Crippen LogP contribution < -0.4 is 4.90 Å². The Morgan fingerprint density at radius 2 is 1.62 bits per heavy atom. The van der Waals surface area contributed by atoms with Crippen molar-refractivity contribution in [2.75, 3.05) is 51.3 Å². The van der Waals surface area contributed by atoms with E-state index < -0.39 is 11.7 Å². The maximum atomic E-state index is 12.6. The first-order valence-corrected chi connectivity index (χ1v) is 8.57. The molecular weight excluding hydrogens is 343 g/mol. The van der Waals surface area contributed by atoms with Gasteiger partial charge in [-0.1, -0.05) is 12.1 Å². The smallest absolute Gasteiger partial charge is 0.383 e. The summed E-state index contributed by atoms with van der Waals surface area (Å²) in [4.78, 5) is 9.08. The number of anilines is 1. The Hall–Kier alpha value is -2.12. The average molecular weight is 365 g/mol. The van der Waals surface area contributed by atoms with Crippen LogP contribution in [-0.2, 0) is 10.9 Å². The quantitative estimate of drug-likeness (QED) is 0.810. The lowest BCUT2D eigenvalue weighted by molar-refractivity contribution is -0.137. The van der Waals surface area contributed by atoms with Crippen molar-refractivity contribution in [3.8, 4) is 11.1 Å². The van der Waals surface area contributed by atoms with Crippen LogP contribution in [0.5, 0.6) is 0 Å². The highest BCUT2D eigenvalue weighted by molar-refractivity contribution is 5.64. The highest BCUT2D eigenvalue weighted by Crippen LogP contribution is 2.31. The number of nitrogens with zero attached hydrogens (tertiary/aromatic N) is 3. The third-order valence-electron chi connectivity index (χ3n) is 4.60. The minimum absolute atomic E-state index is 0.642. The third kappa shape index (κ3) is 4.53. The van der Waals surface area contributed by atoms with Crippen molar-refractivity contribution in [3.63, 3.8) is 0 Å². The molecule has 140 valence electrons. The van der Waals surface area contributed by atoms with Crippen LogP contribution in [-0.4, -0.2) is 56.3 Å². The molecule has 0 N–H and O–H groups in total. The monoisotopic (exact) mass is 365 g/mol. The number of alkyl halides is 3. The van der Waals surface area contributed by atoms with Gasteiger partial charge in [0.05, 0.1) is 12.2 Å². The topological polar surface area (TPSA) is 28.6 Å². The van der Waals surface area contributed by atoms with E-state index in [0.717, 1.165) is 68.4 Å². The van der Waals surface area contributed by atoms with Gasteiger partial charge in [0.2, 0.25) is 0 Å². The molecule has 1 aliphatic heterocycles. The Labute approximate surface area is 151 Å². The molecule has 0 saturated carbocycles.